The molecule has 21 heavy (non-hydrogen) atoms. The number of carbonyl (C=O) groups is 1. The Morgan fingerprint density at radius 3 is 2.43 bits per heavy atom. The number of pyridine rings is 1. The van der Waals surface area contributed by atoms with E-state index in [9.17, 15) is 4.79 Å². The highest BCUT2D eigenvalue weighted by Crippen LogP contribution is 2.15. The van der Waals surface area contributed by atoms with Gasteiger partial charge in [-0.15, -0.1) is 0 Å². The van der Waals surface area contributed by atoms with Crippen molar-refractivity contribution >= 4 is 29.0 Å². The van der Waals surface area contributed by atoms with Crippen LogP contribution in [0.5, 0.6) is 0 Å². The monoisotopic (exact) mass is 303 g/mol. The predicted octanol–water partition coefficient (Wildman–Crippen LogP) is 3.79. The Bertz CT molecular complexity index is 620. The van der Waals surface area contributed by atoms with Crippen molar-refractivity contribution in [2.24, 2.45) is 0 Å². The molecule has 0 bridgehead atoms. The summed E-state index contributed by atoms with van der Waals surface area (Å²) in [5.41, 5.74) is 3.24. The van der Waals surface area contributed by atoms with Gasteiger partial charge in [-0.1, -0.05) is 17.7 Å². The van der Waals surface area contributed by atoms with E-state index in [0.717, 1.165) is 16.8 Å². The van der Waals surface area contributed by atoms with Crippen molar-refractivity contribution in [2.75, 3.05) is 10.6 Å². The summed E-state index contributed by atoms with van der Waals surface area (Å²) < 4.78 is 0. The number of anilines is 2. The number of amides is 1. The molecule has 0 aliphatic rings. The molecule has 0 saturated carbocycles. The summed E-state index contributed by atoms with van der Waals surface area (Å²) in [6, 6.07) is 9.10. The molecule has 110 valence electrons. The maximum absolute atomic E-state index is 12.1. The van der Waals surface area contributed by atoms with Gasteiger partial charge >= 0.3 is 0 Å². The lowest BCUT2D eigenvalue weighted by Gasteiger charge is -2.16. The fourth-order valence-corrected chi connectivity index (χ4v) is 2.17. The Labute approximate surface area is 129 Å². The minimum absolute atomic E-state index is 0.149. The number of nitrogens with zero attached hydrogens (tertiary/aromatic N) is 1. The number of carbonyl (C=O) groups excluding carboxylic acids is 1. The van der Waals surface area contributed by atoms with E-state index in [4.69, 9.17) is 11.6 Å². The van der Waals surface area contributed by atoms with E-state index in [1.807, 2.05) is 32.9 Å². The Kier molecular flexibility index (Phi) is 4.81. The smallest absolute Gasteiger partial charge is 0.247 e. The Hall–Kier alpha value is -2.07. The van der Waals surface area contributed by atoms with E-state index >= 15 is 0 Å². The summed E-state index contributed by atoms with van der Waals surface area (Å²) in [7, 11) is 0. The predicted molar refractivity (Wildman–Crippen MR) is 86.9 cm³/mol. The summed E-state index contributed by atoms with van der Waals surface area (Å²) in [6.45, 7) is 5.87. The average Bonchev–Trinajstić information content (AvgIpc) is 2.40. The van der Waals surface area contributed by atoms with Gasteiger partial charge in [-0.25, -0.2) is 4.98 Å². The van der Waals surface area contributed by atoms with E-state index < -0.39 is 0 Å². The lowest BCUT2D eigenvalue weighted by atomic mass is 10.1. The van der Waals surface area contributed by atoms with Gasteiger partial charge in [0.25, 0.3) is 0 Å². The normalized spacial score (nSPS) is 11.8. The summed E-state index contributed by atoms with van der Waals surface area (Å²) in [4.78, 5) is 16.2. The molecule has 2 rings (SSSR count). The first kappa shape index (κ1) is 15.3. The largest absolute Gasteiger partial charge is 0.374 e. The van der Waals surface area contributed by atoms with Gasteiger partial charge in [0.1, 0.15) is 11.9 Å². The third-order valence-corrected chi connectivity index (χ3v) is 3.20. The number of hydrogen-bond acceptors (Lipinski definition) is 3. The van der Waals surface area contributed by atoms with Gasteiger partial charge in [-0.05, 0) is 56.2 Å². The zero-order valence-corrected chi connectivity index (χ0v) is 13.0. The van der Waals surface area contributed by atoms with Crippen LogP contribution in [0.15, 0.2) is 36.5 Å². The summed E-state index contributed by atoms with van der Waals surface area (Å²) in [5.74, 6) is 0.336. The SMILES string of the molecule is Cc1cc(C)cc(N[C@H](C)C(=O)Nc2ccc(Cl)cn2)c1. The minimum atomic E-state index is -0.372. The van der Waals surface area contributed by atoms with Crippen molar-refractivity contribution in [1.29, 1.82) is 0 Å². The molecule has 1 aromatic heterocycles. The second-order valence-corrected chi connectivity index (χ2v) is 5.53. The van der Waals surface area contributed by atoms with E-state index in [2.05, 4.69) is 21.7 Å². The topological polar surface area (TPSA) is 54.0 Å². The fraction of sp³-hybridized carbons (Fsp3) is 0.250. The van der Waals surface area contributed by atoms with Crippen molar-refractivity contribution in [1.82, 2.24) is 4.98 Å². The molecule has 0 radical (unpaired) electrons. The number of halogens is 1. The molecular weight excluding hydrogens is 286 g/mol. The van der Waals surface area contributed by atoms with Gasteiger partial charge in [0.05, 0.1) is 5.02 Å². The molecule has 1 atom stereocenters. The zero-order chi connectivity index (χ0) is 15.4. The summed E-state index contributed by atoms with van der Waals surface area (Å²) in [6.07, 6.45) is 1.50. The first-order chi connectivity index (χ1) is 9.94. The van der Waals surface area contributed by atoms with E-state index in [-0.39, 0.29) is 11.9 Å². The van der Waals surface area contributed by atoms with Crippen LogP contribution in [0.2, 0.25) is 5.02 Å². The highest BCUT2D eigenvalue weighted by molar-refractivity contribution is 6.30. The molecule has 2 N–H and O–H groups in total. The molecule has 4 nitrogen and oxygen atoms in total. The summed E-state index contributed by atoms with van der Waals surface area (Å²) in [5, 5.41) is 6.47. The van der Waals surface area contributed by atoms with Crippen LogP contribution in [-0.4, -0.2) is 16.9 Å². The van der Waals surface area contributed by atoms with Crippen molar-refractivity contribution in [3.8, 4) is 0 Å². The van der Waals surface area contributed by atoms with Crippen molar-refractivity contribution in [2.45, 2.75) is 26.8 Å². The van der Waals surface area contributed by atoms with Crippen LogP contribution < -0.4 is 10.6 Å². The van der Waals surface area contributed by atoms with Crippen LogP contribution in [-0.2, 0) is 4.79 Å². The van der Waals surface area contributed by atoms with Gasteiger partial charge in [-0.2, -0.15) is 0 Å². The first-order valence-corrected chi connectivity index (χ1v) is 7.09. The Balaban J connectivity index is 2.00. The Morgan fingerprint density at radius 1 is 1.19 bits per heavy atom. The quantitative estimate of drug-likeness (QED) is 0.903. The molecule has 2 aromatic rings. The highest BCUT2D eigenvalue weighted by atomic mass is 35.5. The van der Waals surface area contributed by atoms with Crippen molar-refractivity contribution in [3.63, 3.8) is 0 Å². The van der Waals surface area contributed by atoms with Crippen molar-refractivity contribution < 1.29 is 4.79 Å². The van der Waals surface area contributed by atoms with Crippen LogP contribution >= 0.6 is 11.6 Å². The number of rotatable bonds is 4. The highest BCUT2D eigenvalue weighted by Gasteiger charge is 2.13. The van der Waals surface area contributed by atoms with Crippen LogP contribution in [0.1, 0.15) is 18.1 Å². The van der Waals surface area contributed by atoms with Crippen LogP contribution in [0.4, 0.5) is 11.5 Å². The lowest BCUT2D eigenvalue weighted by molar-refractivity contribution is -0.116. The third-order valence-electron chi connectivity index (χ3n) is 2.98. The molecule has 0 spiro atoms. The average molecular weight is 304 g/mol. The standard InChI is InChI=1S/C16H18ClN3O/c1-10-6-11(2)8-14(7-10)19-12(3)16(21)20-15-5-4-13(17)9-18-15/h4-9,12,19H,1-3H3,(H,18,20,21)/t12-/m1/s1. The fourth-order valence-electron chi connectivity index (χ4n) is 2.06. The minimum Gasteiger partial charge on any atom is -0.374 e. The number of nitrogens with one attached hydrogen (secondary N) is 2. The summed E-state index contributed by atoms with van der Waals surface area (Å²) >= 11 is 5.76. The van der Waals surface area contributed by atoms with Crippen LogP contribution in [0, 0.1) is 13.8 Å². The van der Waals surface area contributed by atoms with Gasteiger partial charge in [0, 0.05) is 11.9 Å². The number of aromatic nitrogens is 1. The van der Waals surface area contributed by atoms with E-state index in [0.29, 0.717) is 10.8 Å². The molecule has 0 aliphatic heterocycles. The number of aryl methyl sites for hydroxylation is 2. The zero-order valence-electron chi connectivity index (χ0n) is 12.3. The maximum Gasteiger partial charge on any atom is 0.247 e. The Morgan fingerprint density at radius 2 is 1.86 bits per heavy atom. The second-order valence-electron chi connectivity index (χ2n) is 5.09. The van der Waals surface area contributed by atoms with Gasteiger partial charge < -0.3 is 10.6 Å². The van der Waals surface area contributed by atoms with Gasteiger partial charge in [-0.3, -0.25) is 4.79 Å². The van der Waals surface area contributed by atoms with Crippen LogP contribution in [0.25, 0.3) is 0 Å². The molecule has 0 saturated heterocycles. The third kappa shape index (κ3) is 4.46. The van der Waals surface area contributed by atoms with E-state index in [1.165, 1.54) is 6.20 Å². The number of benzene rings is 1. The molecule has 0 unspecified atom stereocenters. The maximum atomic E-state index is 12.1. The van der Waals surface area contributed by atoms with Crippen molar-refractivity contribution in [3.05, 3.63) is 52.7 Å². The van der Waals surface area contributed by atoms with Gasteiger partial charge in [0.15, 0.2) is 0 Å². The second kappa shape index (κ2) is 6.59. The molecule has 1 amide bonds. The molecule has 5 heteroatoms. The first-order valence-electron chi connectivity index (χ1n) is 6.71. The molecule has 0 fully saturated rings. The molecule has 1 heterocycles. The molecule has 0 aliphatic carbocycles. The molecular formula is C16H18ClN3O. The van der Waals surface area contributed by atoms with E-state index in [1.54, 1.807) is 12.1 Å². The number of hydrogen-bond donors (Lipinski definition) is 2. The van der Waals surface area contributed by atoms with Gasteiger partial charge in [0.2, 0.25) is 5.91 Å². The lowest BCUT2D eigenvalue weighted by Crippen LogP contribution is -2.32. The molecule has 1 aromatic carbocycles. The van der Waals surface area contributed by atoms with Crippen LogP contribution in [0.3, 0.4) is 0 Å².